The number of carboxylic acids is 1. The van der Waals surface area contributed by atoms with Gasteiger partial charge in [-0.2, -0.15) is 0 Å². The number of carbonyl (C=O) groups is 3. The Labute approximate surface area is 169 Å². The van der Waals surface area contributed by atoms with Crippen molar-refractivity contribution in [3.63, 3.8) is 0 Å². The average molecular weight is 392 g/mol. The summed E-state index contributed by atoms with van der Waals surface area (Å²) >= 11 is 0. The molecule has 1 atom stereocenters. The minimum atomic E-state index is -0.901. The molecule has 4 rings (SSSR count). The van der Waals surface area contributed by atoms with E-state index in [1.165, 1.54) is 0 Å². The zero-order chi connectivity index (χ0) is 20.4. The Morgan fingerprint density at radius 3 is 2.48 bits per heavy atom. The molecule has 2 aliphatic heterocycles. The summed E-state index contributed by atoms with van der Waals surface area (Å²) in [5, 5.41) is 12.2. The van der Waals surface area contributed by atoms with Gasteiger partial charge < -0.3 is 15.3 Å². The topological polar surface area (TPSA) is 86.7 Å². The van der Waals surface area contributed by atoms with Crippen molar-refractivity contribution in [1.82, 2.24) is 4.90 Å². The van der Waals surface area contributed by atoms with Crippen molar-refractivity contribution in [2.45, 2.75) is 31.6 Å². The highest BCUT2D eigenvalue weighted by atomic mass is 16.4. The van der Waals surface area contributed by atoms with E-state index in [0.717, 1.165) is 29.7 Å². The van der Waals surface area contributed by atoms with Crippen molar-refractivity contribution in [2.24, 2.45) is 5.92 Å². The highest BCUT2D eigenvalue weighted by molar-refractivity contribution is 6.01. The minimum absolute atomic E-state index is 0.0108. The molecule has 6 nitrogen and oxygen atoms in total. The fourth-order valence-corrected chi connectivity index (χ4v) is 4.43. The van der Waals surface area contributed by atoms with Crippen LogP contribution in [0.2, 0.25) is 0 Å². The summed E-state index contributed by atoms with van der Waals surface area (Å²) in [5.74, 6) is -1.09. The van der Waals surface area contributed by atoms with Crippen LogP contribution >= 0.6 is 0 Å². The number of nitrogens with one attached hydrogen (secondary N) is 1. The van der Waals surface area contributed by atoms with Crippen molar-refractivity contribution in [2.75, 3.05) is 18.4 Å². The van der Waals surface area contributed by atoms with E-state index in [4.69, 9.17) is 0 Å². The van der Waals surface area contributed by atoms with Crippen LogP contribution in [0.25, 0.3) is 0 Å². The van der Waals surface area contributed by atoms with Gasteiger partial charge in [0, 0.05) is 25.2 Å². The van der Waals surface area contributed by atoms with Gasteiger partial charge in [-0.3, -0.25) is 9.59 Å². The molecule has 150 valence electrons. The smallest absolute Gasteiger partial charge is 0.335 e. The first kappa shape index (κ1) is 19.2. The zero-order valence-corrected chi connectivity index (χ0v) is 16.1. The predicted octanol–water partition coefficient (Wildman–Crippen LogP) is 3.29. The van der Waals surface area contributed by atoms with Crippen molar-refractivity contribution < 1.29 is 19.5 Å². The van der Waals surface area contributed by atoms with Crippen molar-refractivity contribution in [3.05, 3.63) is 65.2 Å². The van der Waals surface area contributed by atoms with Crippen molar-refractivity contribution in [1.29, 1.82) is 0 Å². The molecule has 2 aliphatic rings. The van der Waals surface area contributed by atoms with E-state index >= 15 is 0 Å². The van der Waals surface area contributed by atoms with Gasteiger partial charge in [0.2, 0.25) is 11.8 Å². The first-order chi connectivity index (χ1) is 14.0. The van der Waals surface area contributed by atoms with Gasteiger partial charge in [-0.15, -0.1) is 0 Å². The van der Waals surface area contributed by atoms with Crippen LogP contribution in [0.15, 0.2) is 48.5 Å². The Kier molecular flexibility index (Phi) is 5.34. The number of likely N-dealkylation sites (tertiary alicyclic amines) is 1. The maximum atomic E-state index is 13.1. The lowest BCUT2D eigenvalue weighted by atomic mass is 9.86. The third kappa shape index (κ3) is 4.01. The molecule has 2 aromatic rings. The van der Waals surface area contributed by atoms with Crippen LogP contribution in [-0.4, -0.2) is 40.9 Å². The second-order valence-corrected chi connectivity index (χ2v) is 7.83. The summed E-state index contributed by atoms with van der Waals surface area (Å²) in [6.45, 7) is 1.28. The van der Waals surface area contributed by atoms with Gasteiger partial charge >= 0.3 is 5.97 Å². The second-order valence-electron chi connectivity index (χ2n) is 7.83. The molecule has 1 fully saturated rings. The number of rotatable bonds is 4. The number of carboxylic acid groups (broad SMARTS) is 1. The number of fused-ring (bicyclic) bond motifs is 1. The van der Waals surface area contributed by atoms with Crippen LogP contribution in [0.3, 0.4) is 0 Å². The summed E-state index contributed by atoms with van der Waals surface area (Å²) in [4.78, 5) is 38.5. The molecule has 0 saturated carbocycles. The average Bonchev–Trinajstić information content (AvgIpc) is 2.73. The lowest BCUT2D eigenvalue weighted by Gasteiger charge is -2.35. The number of hydrogen-bond donors (Lipinski definition) is 2. The van der Waals surface area contributed by atoms with E-state index in [-0.39, 0.29) is 18.2 Å². The zero-order valence-electron chi connectivity index (χ0n) is 16.1. The molecule has 1 saturated heterocycles. The summed E-state index contributed by atoms with van der Waals surface area (Å²) in [6, 6.07) is 14.6. The molecule has 0 aliphatic carbocycles. The van der Waals surface area contributed by atoms with Gasteiger partial charge in [0.05, 0.1) is 11.5 Å². The van der Waals surface area contributed by atoms with Crippen LogP contribution in [-0.2, 0) is 16.0 Å². The molecule has 0 spiro atoms. The van der Waals surface area contributed by atoms with Gasteiger partial charge in [-0.1, -0.05) is 36.4 Å². The summed E-state index contributed by atoms with van der Waals surface area (Å²) < 4.78 is 0. The molecule has 0 bridgehead atoms. The SMILES string of the molecule is O=C1CC(C(=O)N2CCC(Cc3ccccc3C(=O)O)CC2)c2ccccc2N1. The number of piperidine rings is 1. The lowest BCUT2D eigenvalue weighted by molar-refractivity contribution is -0.136. The Morgan fingerprint density at radius 2 is 1.72 bits per heavy atom. The fourth-order valence-electron chi connectivity index (χ4n) is 4.43. The van der Waals surface area contributed by atoms with Crippen LogP contribution in [0.5, 0.6) is 0 Å². The highest BCUT2D eigenvalue weighted by Crippen LogP contribution is 2.34. The molecule has 1 unspecified atom stereocenters. The van der Waals surface area contributed by atoms with E-state index in [0.29, 0.717) is 31.0 Å². The molecule has 2 amide bonds. The highest BCUT2D eigenvalue weighted by Gasteiger charge is 2.34. The van der Waals surface area contributed by atoms with Crippen LogP contribution in [0, 0.1) is 5.92 Å². The molecule has 0 aromatic heterocycles. The minimum Gasteiger partial charge on any atom is -0.478 e. The molecule has 2 aromatic carbocycles. The van der Waals surface area contributed by atoms with E-state index < -0.39 is 11.9 Å². The number of benzene rings is 2. The number of anilines is 1. The largest absolute Gasteiger partial charge is 0.478 e. The first-order valence-electron chi connectivity index (χ1n) is 10.0. The molecule has 2 heterocycles. The van der Waals surface area contributed by atoms with Crippen LogP contribution in [0.1, 0.15) is 46.7 Å². The van der Waals surface area contributed by atoms with Gasteiger partial charge in [0.1, 0.15) is 0 Å². The predicted molar refractivity (Wildman–Crippen MR) is 109 cm³/mol. The number of aromatic carboxylic acids is 1. The summed E-state index contributed by atoms with van der Waals surface area (Å²) in [7, 11) is 0. The Bertz CT molecular complexity index is 947. The standard InChI is InChI=1S/C23H24N2O4/c26-21-14-19(18-7-3-4-8-20(18)24-21)22(27)25-11-9-15(10-12-25)13-16-5-1-2-6-17(16)23(28)29/h1-8,15,19H,9-14H2,(H,24,26)(H,28,29). The number of nitrogens with zero attached hydrogens (tertiary/aromatic N) is 1. The molecule has 2 N–H and O–H groups in total. The molecule has 29 heavy (non-hydrogen) atoms. The van der Waals surface area contributed by atoms with Crippen LogP contribution in [0.4, 0.5) is 5.69 Å². The fraction of sp³-hybridized carbons (Fsp3) is 0.348. The Morgan fingerprint density at radius 1 is 1.03 bits per heavy atom. The third-order valence-electron chi connectivity index (χ3n) is 5.98. The van der Waals surface area contributed by atoms with E-state index in [2.05, 4.69) is 5.32 Å². The Hall–Kier alpha value is -3.15. The summed E-state index contributed by atoms with van der Waals surface area (Å²) in [5.41, 5.74) is 2.82. The maximum absolute atomic E-state index is 13.1. The van der Waals surface area contributed by atoms with Crippen molar-refractivity contribution >= 4 is 23.5 Å². The normalized spacial score (nSPS) is 19.4. The van der Waals surface area contributed by atoms with E-state index in [9.17, 15) is 19.5 Å². The van der Waals surface area contributed by atoms with Gasteiger partial charge in [-0.25, -0.2) is 4.79 Å². The Balaban J connectivity index is 1.41. The number of hydrogen-bond acceptors (Lipinski definition) is 3. The molecule has 0 radical (unpaired) electrons. The maximum Gasteiger partial charge on any atom is 0.335 e. The third-order valence-corrected chi connectivity index (χ3v) is 5.98. The molecular formula is C23H24N2O4. The second kappa shape index (κ2) is 8.07. The number of para-hydroxylation sites is 1. The lowest BCUT2D eigenvalue weighted by Crippen LogP contribution is -2.43. The van der Waals surface area contributed by atoms with Gasteiger partial charge in [-0.05, 0) is 48.4 Å². The van der Waals surface area contributed by atoms with Crippen LogP contribution < -0.4 is 5.32 Å². The molecule has 6 heteroatoms. The van der Waals surface area contributed by atoms with E-state index in [1.54, 1.807) is 12.1 Å². The van der Waals surface area contributed by atoms with Crippen molar-refractivity contribution in [3.8, 4) is 0 Å². The van der Waals surface area contributed by atoms with Gasteiger partial charge in [0.15, 0.2) is 0 Å². The molecular weight excluding hydrogens is 368 g/mol. The van der Waals surface area contributed by atoms with E-state index in [1.807, 2.05) is 41.3 Å². The quantitative estimate of drug-likeness (QED) is 0.836. The monoisotopic (exact) mass is 392 g/mol. The number of amides is 2. The summed E-state index contributed by atoms with van der Waals surface area (Å²) in [6.07, 6.45) is 2.56. The first-order valence-corrected chi connectivity index (χ1v) is 10.0. The van der Waals surface area contributed by atoms with Gasteiger partial charge in [0.25, 0.3) is 0 Å². The number of carbonyl (C=O) groups excluding carboxylic acids is 2.